The lowest BCUT2D eigenvalue weighted by molar-refractivity contribution is 0.0938. The van der Waals surface area contributed by atoms with Gasteiger partial charge in [-0.2, -0.15) is 0 Å². The second kappa shape index (κ2) is 7.12. The fourth-order valence-electron chi connectivity index (χ4n) is 2.77. The van der Waals surface area contributed by atoms with E-state index in [2.05, 4.69) is 5.32 Å². The number of carbonyl (C=O) groups is 1. The molecule has 22 heavy (non-hydrogen) atoms. The van der Waals surface area contributed by atoms with Crippen molar-refractivity contribution in [3.05, 3.63) is 65.7 Å². The standard InChI is InChI=1S/C19H21NO2/c21-19(20-17-6-4-5-7-17)16-12-10-15(11-13-16)14-22-18-8-2-1-3-9-18/h1-3,8-13,17H,4-7,14H2,(H,20,21). The number of rotatable bonds is 5. The number of ether oxygens (including phenoxy) is 1. The van der Waals surface area contributed by atoms with Crippen molar-refractivity contribution in [2.45, 2.75) is 38.3 Å². The first-order valence-corrected chi connectivity index (χ1v) is 7.89. The second-order valence-electron chi connectivity index (χ2n) is 5.75. The number of hydrogen-bond acceptors (Lipinski definition) is 2. The molecule has 2 aromatic rings. The van der Waals surface area contributed by atoms with Crippen LogP contribution in [0.4, 0.5) is 0 Å². The Labute approximate surface area is 131 Å². The summed E-state index contributed by atoms with van der Waals surface area (Å²) in [5.74, 6) is 0.882. The van der Waals surface area contributed by atoms with Crippen LogP contribution >= 0.6 is 0 Å². The SMILES string of the molecule is O=C(NC1CCCC1)c1ccc(COc2ccccc2)cc1. The number of nitrogens with one attached hydrogen (secondary N) is 1. The smallest absolute Gasteiger partial charge is 0.251 e. The maximum atomic E-state index is 12.1. The summed E-state index contributed by atoms with van der Waals surface area (Å²) >= 11 is 0. The van der Waals surface area contributed by atoms with E-state index in [-0.39, 0.29) is 5.91 Å². The van der Waals surface area contributed by atoms with E-state index in [4.69, 9.17) is 4.74 Å². The third-order valence-electron chi connectivity index (χ3n) is 4.06. The van der Waals surface area contributed by atoms with Gasteiger partial charge in [-0.15, -0.1) is 0 Å². The van der Waals surface area contributed by atoms with Crippen LogP contribution in [0.2, 0.25) is 0 Å². The van der Waals surface area contributed by atoms with E-state index < -0.39 is 0 Å². The number of hydrogen-bond donors (Lipinski definition) is 1. The molecule has 1 N–H and O–H groups in total. The summed E-state index contributed by atoms with van der Waals surface area (Å²) in [6.45, 7) is 0.508. The molecular weight excluding hydrogens is 274 g/mol. The molecule has 114 valence electrons. The summed E-state index contributed by atoms with van der Waals surface area (Å²) in [5, 5.41) is 3.10. The summed E-state index contributed by atoms with van der Waals surface area (Å²) in [4.78, 5) is 12.1. The fraction of sp³-hybridized carbons (Fsp3) is 0.316. The summed E-state index contributed by atoms with van der Waals surface area (Å²) in [6, 6.07) is 17.7. The van der Waals surface area contributed by atoms with Crippen LogP contribution in [0.5, 0.6) is 5.75 Å². The van der Waals surface area contributed by atoms with E-state index in [1.165, 1.54) is 12.8 Å². The molecule has 1 aliphatic rings. The molecular formula is C19H21NO2. The topological polar surface area (TPSA) is 38.3 Å². The van der Waals surface area contributed by atoms with Gasteiger partial charge in [-0.1, -0.05) is 43.2 Å². The zero-order valence-electron chi connectivity index (χ0n) is 12.6. The Balaban J connectivity index is 1.54. The van der Waals surface area contributed by atoms with Crippen LogP contribution in [-0.2, 0) is 6.61 Å². The minimum absolute atomic E-state index is 0.0300. The molecule has 0 unspecified atom stereocenters. The van der Waals surface area contributed by atoms with Gasteiger partial charge in [0.1, 0.15) is 12.4 Å². The van der Waals surface area contributed by atoms with E-state index in [0.717, 1.165) is 29.7 Å². The van der Waals surface area contributed by atoms with Gasteiger partial charge in [0.2, 0.25) is 0 Å². The van der Waals surface area contributed by atoms with Crippen LogP contribution in [0.25, 0.3) is 0 Å². The lowest BCUT2D eigenvalue weighted by atomic mass is 10.1. The predicted molar refractivity (Wildman–Crippen MR) is 86.9 cm³/mol. The van der Waals surface area contributed by atoms with Crippen molar-refractivity contribution in [3.8, 4) is 5.75 Å². The van der Waals surface area contributed by atoms with Gasteiger partial charge in [0, 0.05) is 11.6 Å². The Morgan fingerprint density at radius 2 is 1.68 bits per heavy atom. The van der Waals surface area contributed by atoms with Crippen molar-refractivity contribution in [1.82, 2.24) is 5.32 Å². The van der Waals surface area contributed by atoms with Gasteiger partial charge in [0.05, 0.1) is 0 Å². The van der Waals surface area contributed by atoms with Crippen molar-refractivity contribution < 1.29 is 9.53 Å². The molecule has 1 amide bonds. The Bertz CT molecular complexity index is 601. The van der Waals surface area contributed by atoms with Crippen LogP contribution in [-0.4, -0.2) is 11.9 Å². The molecule has 0 aromatic heterocycles. The normalized spacial score (nSPS) is 14.7. The van der Waals surface area contributed by atoms with Gasteiger partial charge in [-0.05, 0) is 42.7 Å². The molecule has 0 aliphatic heterocycles. The summed E-state index contributed by atoms with van der Waals surface area (Å²) in [5.41, 5.74) is 1.77. The fourth-order valence-corrected chi connectivity index (χ4v) is 2.77. The van der Waals surface area contributed by atoms with E-state index >= 15 is 0 Å². The number of carbonyl (C=O) groups excluding carboxylic acids is 1. The zero-order chi connectivity index (χ0) is 15.2. The summed E-state index contributed by atoms with van der Waals surface area (Å²) < 4.78 is 5.70. The van der Waals surface area contributed by atoms with Crippen molar-refractivity contribution >= 4 is 5.91 Å². The average molecular weight is 295 g/mol. The van der Waals surface area contributed by atoms with Gasteiger partial charge >= 0.3 is 0 Å². The highest BCUT2D eigenvalue weighted by atomic mass is 16.5. The second-order valence-corrected chi connectivity index (χ2v) is 5.75. The molecule has 3 nitrogen and oxygen atoms in total. The van der Waals surface area contributed by atoms with Crippen molar-refractivity contribution in [3.63, 3.8) is 0 Å². The molecule has 3 heteroatoms. The highest BCUT2D eigenvalue weighted by Gasteiger charge is 2.17. The number of para-hydroxylation sites is 1. The van der Waals surface area contributed by atoms with Crippen molar-refractivity contribution in [2.24, 2.45) is 0 Å². The molecule has 0 heterocycles. The van der Waals surface area contributed by atoms with Gasteiger partial charge in [0.15, 0.2) is 0 Å². The molecule has 0 radical (unpaired) electrons. The first-order chi connectivity index (χ1) is 10.8. The lowest BCUT2D eigenvalue weighted by Gasteiger charge is -2.12. The predicted octanol–water partition coefficient (Wildman–Crippen LogP) is 3.94. The maximum absolute atomic E-state index is 12.1. The quantitative estimate of drug-likeness (QED) is 0.907. The molecule has 1 saturated carbocycles. The van der Waals surface area contributed by atoms with E-state index in [0.29, 0.717) is 12.6 Å². The maximum Gasteiger partial charge on any atom is 0.251 e. The Hall–Kier alpha value is -2.29. The van der Waals surface area contributed by atoms with Crippen molar-refractivity contribution in [2.75, 3.05) is 0 Å². The Morgan fingerprint density at radius 3 is 2.36 bits per heavy atom. The Kier molecular flexibility index (Phi) is 4.74. The minimum atomic E-state index is 0.0300. The van der Waals surface area contributed by atoms with Gasteiger partial charge in [-0.3, -0.25) is 4.79 Å². The summed E-state index contributed by atoms with van der Waals surface area (Å²) in [7, 11) is 0. The van der Waals surface area contributed by atoms with Crippen LogP contribution in [0.3, 0.4) is 0 Å². The van der Waals surface area contributed by atoms with Crippen LogP contribution in [0, 0.1) is 0 Å². The van der Waals surface area contributed by atoms with E-state index in [1.807, 2.05) is 54.6 Å². The van der Waals surface area contributed by atoms with Gasteiger partial charge < -0.3 is 10.1 Å². The molecule has 3 rings (SSSR count). The monoisotopic (exact) mass is 295 g/mol. The molecule has 1 fully saturated rings. The largest absolute Gasteiger partial charge is 0.489 e. The zero-order valence-corrected chi connectivity index (χ0v) is 12.6. The molecule has 2 aromatic carbocycles. The van der Waals surface area contributed by atoms with Gasteiger partial charge in [0.25, 0.3) is 5.91 Å². The molecule has 0 saturated heterocycles. The van der Waals surface area contributed by atoms with Crippen molar-refractivity contribution in [1.29, 1.82) is 0 Å². The first-order valence-electron chi connectivity index (χ1n) is 7.89. The highest BCUT2D eigenvalue weighted by molar-refractivity contribution is 5.94. The minimum Gasteiger partial charge on any atom is -0.489 e. The average Bonchev–Trinajstić information content (AvgIpc) is 3.07. The van der Waals surface area contributed by atoms with E-state index in [9.17, 15) is 4.79 Å². The highest BCUT2D eigenvalue weighted by Crippen LogP contribution is 2.18. The first kappa shape index (κ1) is 14.6. The molecule has 1 aliphatic carbocycles. The molecule has 0 spiro atoms. The summed E-state index contributed by atoms with van der Waals surface area (Å²) in [6.07, 6.45) is 4.66. The number of amides is 1. The van der Waals surface area contributed by atoms with Gasteiger partial charge in [-0.25, -0.2) is 0 Å². The third-order valence-corrected chi connectivity index (χ3v) is 4.06. The molecule has 0 bridgehead atoms. The lowest BCUT2D eigenvalue weighted by Crippen LogP contribution is -2.32. The third kappa shape index (κ3) is 3.88. The van der Waals surface area contributed by atoms with Crippen LogP contribution in [0.15, 0.2) is 54.6 Å². The van der Waals surface area contributed by atoms with Crippen LogP contribution < -0.4 is 10.1 Å². The Morgan fingerprint density at radius 1 is 1.00 bits per heavy atom. The number of benzene rings is 2. The molecule has 0 atom stereocenters. The van der Waals surface area contributed by atoms with E-state index in [1.54, 1.807) is 0 Å². The van der Waals surface area contributed by atoms with Crippen LogP contribution in [0.1, 0.15) is 41.6 Å².